The fourth-order valence-corrected chi connectivity index (χ4v) is 1.64. The Morgan fingerprint density at radius 2 is 2.13 bits per heavy atom. The second-order valence-corrected chi connectivity index (χ2v) is 4.58. The Morgan fingerprint density at radius 1 is 1.40 bits per heavy atom. The zero-order valence-corrected chi connectivity index (χ0v) is 10.1. The van der Waals surface area contributed by atoms with Crippen LogP contribution in [0.5, 0.6) is 0 Å². The summed E-state index contributed by atoms with van der Waals surface area (Å²) in [7, 11) is 0. The molecule has 0 bridgehead atoms. The molecule has 84 valence electrons. The molecule has 0 aliphatic heterocycles. The van der Waals surface area contributed by atoms with E-state index in [0.29, 0.717) is 12.5 Å². The second-order valence-electron chi connectivity index (χ2n) is 4.15. The monoisotopic (exact) mass is 226 g/mol. The lowest BCUT2D eigenvalue weighted by Gasteiger charge is -2.18. The van der Waals surface area contributed by atoms with Crippen molar-refractivity contribution in [3.63, 3.8) is 0 Å². The molecule has 0 aliphatic rings. The maximum absolute atomic E-state index is 5.94. The van der Waals surface area contributed by atoms with Crippen LogP contribution in [0.2, 0.25) is 5.02 Å². The Morgan fingerprint density at radius 3 is 2.67 bits per heavy atom. The maximum atomic E-state index is 5.94. The standard InChI is InChI=1S/C12H19ClN2/c1-9(2)8-15-12(7-14)10-4-3-5-11(13)6-10/h3-6,9,12,15H,7-8,14H2,1-2H3. The molecule has 1 atom stereocenters. The number of hydrogen-bond donors (Lipinski definition) is 2. The zero-order valence-electron chi connectivity index (χ0n) is 9.33. The molecule has 3 heteroatoms. The van der Waals surface area contributed by atoms with E-state index >= 15 is 0 Å². The number of hydrogen-bond acceptors (Lipinski definition) is 2. The summed E-state index contributed by atoms with van der Waals surface area (Å²) in [5.41, 5.74) is 6.89. The van der Waals surface area contributed by atoms with Gasteiger partial charge in [0.1, 0.15) is 0 Å². The van der Waals surface area contributed by atoms with Gasteiger partial charge in [-0.2, -0.15) is 0 Å². The Hall–Kier alpha value is -0.570. The molecule has 0 fully saturated rings. The molecule has 15 heavy (non-hydrogen) atoms. The van der Waals surface area contributed by atoms with Gasteiger partial charge in [0.05, 0.1) is 0 Å². The zero-order chi connectivity index (χ0) is 11.3. The molecule has 0 aromatic heterocycles. The highest BCUT2D eigenvalue weighted by molar-refractivity contribution is 6.30. The first-order valence-corrected chi connectivity index (χ1v) is 5.70. The van der Waals surface area contributed by atoms with Gasteiger partial charge in [-0.05, 0) is 30.2 Å². The third-order valence-corrected chi connectivity index (χ3v) is 2.49. The molecular formula is C12H19ClN2. The summed E-state index contributed by atoms with van der Waals surface area (Å²) in [6.07, 6.45) is 0. The van der Waals surface area contributed by atoms with Gasteiger partial charge in [-0.3, -0.25) is 0 Å². The summed E-state index contributed by atoms with van der Waals surface area (Å²) in [6.45, 7) is 5.92. The molecule has 0 aliphatic carbocycles. The summed E-state index contributed by atoms with van der Waals surface area (Å²) >= 11 is 5.94. The van der Waals surface area contributed by atoms with Crippen LogP contribution in [-0.2, 0) is 0 Å². The van der Waals surface area contributed by atoms with E-state index in [-0.39, 0.29) is 6.04 Å². The van der Waals surface area contributed by atoms with E-state index in [9.17, 15) is 0 Å². The van der Waals surface area contributed by atoms with E-state index in [4.69, 9.17) is 17.3 Å². The molecule has 1 aromatic carbocycles. The third kappa shape index (κ3) is 4.20. The average molecular weight is 227 g/mol. The number of rotatable bonds is 5. The van der Waals surface area contributed by atoms with Crippen LogP contribution in [0, 0.1) is 5.92 Å². The van der Waals surface area contributed by atoms with Crippen LogP contribution >= 0.6 is 11.6 Å². The van der Waals surface area contributed by atoms with E-state index in [0.717, 1.165) is 17.1 Å². The van der Waals surface area contributed by atoms with E-state index in [2.05, 4.69) is 25.2 Å². The highest BCUT2D eigenvalue weighted by Crippen LogP contribution is 2.17. The van der Waals surface area contributed by atoms with Crippen molar-refractivity contribution in [3.8, 4) is 0 Å². The first-order valence-electron chi connectivity index (χ1n) is 5.32. The lowest BCUT2D eigenvalue weighted by molar-refractivity contribution is 0.479. The van der Waals surface area contributed by atoms with Gasteiger partial charge in [-0.15, -0.1) is 0 Å². The quantitative estimate of drug-likeness (QED) is 0.810. The van der Waals surface area contributed by atoms with Crippen molar-refractivity contribution in [2.45, 2.75) is 19.9 Å². The number of benzene rings is 1. The molecule has 0 spiro atoms. The van der Waals surface area contributed by atoms with Crippen LogP contribution in [0.4, 0.5) is 0 Å². The SMILES string of the molecule is CC(C)CNC(CN)c1cccc(Cl)c1. The van der Waals surface area contributed by atoms with E-state index < -0.39 is 0 Å². The minimum atomic E-state index is 0.200. The Labute approximate surface area is 96.8 Å². The Bertz CT molecular complexity index is 299. The first kappa shape index (κ1) is 12.5. The third-order valence-electron chi connectivity index (χ3n) is 2.26. The largest absolute Gasteiger partial charge is 0.329 e. The van der Waals surface area contributed by atoms with Crippen LogP contribution in [0.15, 0.2) is 24.3 Å². The van der Waals surface area contributed by atoms with Gasteiger partial charge in [-0.1, -0.05) is 37.6 Å². The first-order chi connectivity index (χ1) is 7.13. The minimum absolute atomic E-state index is 0.200. The van der Waals surface area contributed by atoms with Crippen molar-refractivity contribution in [1.82, 2.24) is 5.32 Å². The normalized spacial score (nSPS) is 13.1. The molecule has 0 heterocycles. The van der Waals surface area contributed by atoms with Gasteiger partial charge >= 0.3 is 0 Å². The van der Waals surface area contributed by atoms with Crippen LogP contribution in [-0.4, -0.2) is 13.1 Å². The van der Waals surface area contributed by atoms with Crippen molar-refractivity contribution in [2.24, 2.45) is 11.7 Å². The number of nitrogens with two attached hydrogens (primary N) is 1. The molecule has 0 radical (unpaired) electrons. The van der Waals surface area contributed by atoms with Gasteiger partial charge < -0.3 is 11.1 Å². The van der Waals surface area contributed by atoms with Crippen LogP contribution in [0.1, 0.15) is 25.5 Å². The lowest BCUT2D eigenvalue weighted by Crippen LogP contribution is -2.30. The predicted octanol–water partition coefficient (Wildman–Crippen LogP) is 2.59. The van der Waals surface area contributed by atoms with Crippen LogP contribution in [0.25, 0.3) is 0 Å². The molecule has 1 unspecified atom stereocenters. The summed E-state index contributed by atoms with van der Waals surface area (Å²) in [5.74, 6) is 0.623. The van der Waals surface area contributed by atoms with Crippen molar-refractivity contribution in [1.29, 1.82) is 0 Å². The van der Waals surface area contributed by atoms with Crippen molar-refractivity contribution in [2.75, 3.05) is 13.1 Å². The Balaban J connectivity index is 2.65. The summed E-state index contributed by atoms with van der Waals surface area (Å²) in [5, 5.41) is 4.19. The van der Waals surface area contributed by atoms with Gasteiger partial charge in [0.2, 0.25) is 0 Å². The topological polar surface area (TPSA) is 38.0 Å². The van der Waals surface area contributed by atoms with E-state index in [1.54, 1.807) is 0 Å². The molecular weight excluding hydrogens is 208 g/mol. The van der Waals surface area contributed by atoms with Crippen molar-refractivity contribution >= 4 is 11.6 Å². The molecule has 1 rings (SSSR count). The molecule has 0 saturated carbocycles. The minimum Gasteiger partial charge on any atom is -0.329 e. The number of nitrogens with one attached hydrogen (secondary N) is 1. The predicted molar refractivity (Wildman–Crippen MR) is 66.1 cm³/mol. The summed E-state index contributed by atoms with van der Waals surface area (Å²) < 4.78 is 0. The van der Waals surface area contributed by atoms with E-state index in [1.807, 2.05) is 18.2 Å². The lowest BCUT2D eigenvalue weighted by atomic mass is 10.1. The smallest absolute Gasteiger partial charge is 0.0445 e. The number of halogens is 1. The van der Waals surface area contributed by atoms with Gasteiger partial charge in [-0.25, -0.2) is 0 Å². The molecule has 2 nitrogen and oxygen atoms in total. The Kier molecular flexibility index (Phi) is 5.09. The maximum Gasteiger partial charge on any atom is 0.0445 e. The summed E-state index contributed by atoms with van der Waals surface area (Å²) in [6, 6.07) is 8.05. The second kappa shape index (κ2) is 6.11. The van der Waals surface area contributed by atoms with E-state index in [1.165, 1.54) is 0 Å². The average Bonchev–Trinajstić information content (AvgIpc) is 2.18. The van der Waals surface area contributed by atoms with Crippen LogP contribution < -0.4 is 11.1 Å². The van der Waals surface area contributed by atoms with Gasteiger partial charge in [0.15, 0.2) is 0 Å². The highest BCUT2D eigenvalue weighted by atomic mass is 35.5. The van der Waals surface area contributed by atoms with Crippen molar-refractivity contribution < 1.29 is 0 Å². The van der Waals surface area contributed by atoms with Crippen LogP contribution in [0.3, 0.4) is 0 Å². The molecule has 0 amide bonds. The highest BCUT2D eigenvalue weighted by Gasteiger charge is 2.09. The fourth-order valence-electron chi connectivity index (χ4n) is 1.44. The molecule has 3 N–H and O–H groups in total. The fraction of sp³-hybridized carbons (Fsp3) is 0.500. The van der Waals surface area contributed by atoms with Gasteiger partial charge in [0, 0.05) is 17.6 Å². The van der Waals surface area contributed by atoms with Gasteiger partial charge in [0.25, 0.3) is 0 Å². The molecule has 0 saturated heterocycles. The molecule has 1 aromatic rings. The van der Waals surface area contributed by atoms with Crippen molar-refractivity contribution in [3.05, 3.63) is 34.9 Å². The summed E-state index contributed by atoms with van der Waals surface area (Å²) in [4.78, 5) is 0.